The summed E-state index contributed by atoms with van der Waals surface area (Å²) in [7, 11) is 0. The van der Waals surface area contributed by atoms with Gasteiger partial charge in [0.05, 0.1) is 0 Å². The van der Waals surface area contributed by atoms with Gasteiger partial charge in [0, 0.05) is 17.6 Å². The summed E-state index contributed by atoms with van der Waals surface area (Å²) < 4.78 is 0. The third-order valence-electron chi connectivity index (χ3n) is 1.77. The van der Waals surface area contributed by atoms with E-state index in [1.54, 1.807) is 11.3 Å². The van der Waals surface area contributed by atoms with Crippen molar-refractivity contribution in [1.29, 1.82) is 0 Å². The molecule has 0 spiro atoms. The monoisotopic (exact) mass is 199 g/mol. The molecule has 1 heterocycles. The molecule has 0 saturated carbocycles. The van der Waals surface area contributed by atoms with E-state index < -0.39 is 0 Å². The first-order chi connectivity index (χ1) is 6.18. The molecule has 0 atom stereocenters. The molecule has 13 heavy (non-hydrogen) atoms. The second-order valence-corrected chi connectivity index (χ2v) is 4.67. The Kier molecular flexibility index (Phi) is 4.18. The zero-order valence-electron chi connectivity index (χ0n) is 8.21. The Morgan fingerprint density at radius 1 is 1.62 bits per heavy atom. The lowest BCUT2D eigenvalue weighted by molar-refractivity contribution is 0.539. The highest BCUT2D eigenvalue weighted by atomic mass is 32.1. The minimum atomic E-state index is 0.653. The molecule has 3 nitrogen and oxygen atoms in total. The Balaban J connectivity index is 2.13. The molecule has 0 bridgehead atoms. The van der Waals surface area contributed by atoms with Gasteiger partial charge >= 0.3 is 0 Å². The van der Waals surface area contributed by atoms with Crippen molar-refractivity contribution in [2.75, 3.05) is 12.3 Å². The van der Waals surface area contributed by atoms with Crippen molar-refractivity contribution in [2.24, 2.45) is 5.92 Å². The number of aromatic nitrogens is 1. The van der Waals surface area contributed by atoms with Crippen molar-refractivity contribution in [3.63, 3.8) is 0 Å². The molecule has 0 fully saturated rings. The first kappa shape index (κ1) is 10.5. The molecule has 74 valence electrons. The van der Waals surface area contributed by atoms with Gasteiger partial charge < -0.3 is 11.1 Å². The first-order valence-corrected chi connectivity index (χ1v) is 5.41. The van der Waals surface area contributed by atoms with Crippen LogP contribution >= 0.6 is 11.3 Å². The van der Waals surface area contributed by atoms with Crippen LogP contribution in [0.4, 0.5) is 5.13 Å². The molecule has 0 aromatic carbocycles. The Bertz CT molecular complexity index is 245. The summed E-state index contributed by atoms with van der Waals surface area (Å²) in [5.74, 6) is 0.763. The number of hydrogen-bond acceptors (Lipinski definition) is 4. The average Bonchev–Trinajstić information content (AvgIpc) is 2.45. The summed E-state index contributed by atoms with van der Waals surface area (Å²) in [6.45, 7) is 6.41. The molecule has 0 aliphatic carbocycles. The summed E-state index contributed by atoms with van der Waals surface area (Å²) in [6.07, 6.45) is 3.05. The predicted octanol–water partition coefficient (Wildman–Crippen LogP) is 1.86. The fourth-order valence-electron chi connectivity index (χ4n) is 1.01. The lowest BCUT2D eigenvalue weighted by atomic mass is 10.1. The van der Waals surface area contributed by atoms with Crippen LogP contribution in [-0.2, 0) is 6.54 Å². The van der Waals surface area contributed by atoms with Crippen molar-refractivity contribution >= 4 is 16.5 Å². The van der Waals surface area contributed by atoms with Crippen molar-refractivity contribution in [2.45, 2.75) is 26.8 Å². The minimum Gasteiger partial charge on any atom is -0.375 e. The van der Waals surface area contributed by atoms with Crippen LogP contribution < -0.4 is 11.1 Å². The summed E-state index contributed by atoms with van der Waals surface area (Å²) in [6, 6.07) is 0. The standard InChI is InChI=1S/C9H17N3S/c1-7(2)3-4-11-5-8-6-12-9(10)13-8/h6-7,11H,3-5H2,1-2H3,(H2,10,12). The SMILES string of the molecule is CC(C)CCNCc1cnc(N)s1. The van der Waals surface area contributed by atoms with E-state index >= 15 is 0 Å². The van der Waals surface area contributed by atoms with Crippen molar-refractivity contribution < 1.29 is 0 Å². The van der Waals surface area contributed by atoms with E-state index in [1.165, 1.54) is 11.3 Å². The Morgan fingerprint density at radius 2 is 2.38 bits per heavy atom. The number of anilines is 1. The van der Waals surface area contributed by atoms with Crippen LogP contribution in [-0.4, -0.2) is 11.5 Å². The van der Waals surface area contributed by atoms with Crippen LogP contribution in [0.1, 0.15) is 25.1 Å². The van der Waals surface area contributed by atoms with Gasteiger partial charge in [-0.25, -0.2) is 4.98 Å². The summed E-state index contributed by atoms with van der Waals surface area (Å²) in [5, 5.41) is 4.01. The number of thiazole rings is 1. The predicted molar refractivity (Wildman–Crippen MR) is 57.7 cm³/mol. The normalized spacial score (nSPS) is 11.0. The first-order valence-electron chi connectivity index (χ1n) is 4.59. The van der Waals surface area contributed by atoms with E-state index in [1.807, 2.05) is 6.20 Å². The van der Waals surface area contributed by atoms with Gasteiger partial charge in [-0.3, -0.25) is 0 Å². The van der Waals surface area contributed by atoms with Crippen LogP contribution in [0, 0.1) is 5.92 Å². The Labute approximate surface area is 83.4 Å². The van der Waals surface area contributed by atoms with Gasteiger partial charge in [-0.1, -0.05) is 13.8 Å². The van der Waals surface area contributed by atoms with E-state index in [2.05, 4.69) is 24.1 Å². The number of nitrogen functional groups attached to an aromatic ring is 1. The summed E-state index contributed by atoms with van der Waals surface area (Å²) in [4.78, 5) is 5.20. The zero-order chi connectivity index (χ0) is 9.68. The number of rotatable bonds is 5. The van der Waals surface area contributed by atoms with E-state index in [0.29, 0.717) is 5.13 Å². The fourth-order valence-corrected chi connectivity index (χ4v) is 1.66. The minimum absolute atomic E-state index is 0.653. The topological polar surface area (TPSA) is 50.9 Å². The number of nitrogens with two attached hydrogens (primary N) is 1. The number of nitrogens with one attached hydrogen (secondary N) is 1. The van der Waals surface area contributed by atoms with Gasteiger partial charge in [0.1, 0.15) is 0 Å². The van der Waals surface area contributed by atoms with Gasteiger partial charge in [-0.05, 0) is 18.9 Å². The van der Waals surface area contributed by atoms with Crippen LogP contribution in [0.2, 0.25) is 0 Å². The molecule has 4 heteroatoms. The van der Waals surface area contributed by atoms with Crippen LogP contribution in [0.3, 0.4) is 0 Å². The molecule has 0 aliphatic heterocycles. The molecule has 3 N–H and O–H groups in total. The van der Waals surface area contributed by atoms with Crippen LogP contribution in [0.25, 0.3) is 0 Å². The quantitative estimate of drug-likeness (QED) is 0.712. The van der Waals surface area contributed by atoms with E-state index in [-0.39, 0.29) is 0 Å². The maximum Gasteiger partial charge on any atom is 0.180 e. The van der Waals surface area contributed by atoms with Gasteiger partial charge in [-0.2, -0.15) is 0 Å². The van der Waals surface area contributed by atoms with Gasteiger partial charge in [0.25, 0.3) is 0 Å². The van der Waals surface area contributed by atoms with E-state index in [9.17, 15) is 0 Å². The third kappa shape index (κ3) is 4.24. The van der Waals surface area contributed by atoms with Crippen molar-refractivity contribution in [1.82, 2.24) is 10.3 Å². The highest BCUT2D eigenvalue weighted by Crippen LogP contribution is 2.13. The van der Waals surface area contributed by atoms with Gasteiger partial charge in [0.15, 0.2) is 5.13 Å². The van der Waals surface area contributed by atoms with Crippen LogP contribution in [0.5, 0.6) is 0 Å². The van der Waals surface area contributed by atoms with Crippen molar-refractivity contribution in [3.8, 4) is 0 Å². The van der Waals surface area contributed by atoms with Gasteiger partial charge in [0.2, 0.25) is 0 Å². The molecular formula is C9H17N3S. The Hall–Kier alpha value is -0.610. The molecule has 0 aliphatic rings. The largest absolute Gasteiger partial charge is 0.375 e. The highest BCUT2D eigenvalue weighted by molar-refractivity contribution is 7.15. The maximum absolute atomic E-state index is 5.51. The van der Waals surface area contributed by atoms with E-state index in [4.69, 9.17) is 5.73 Å². The van der Waals surface area contributed by atoms with Gasteiger partial charge in [-0.15, -0.1) is 11.3 Å². The smallest absolute Gasteiger partial charge is 0.180 e. The molecule has 0 amide bonds. The fraction of sp³-hybridized carbons (Fsp3) is 0.667. The maximum atomic E-state index is 5.51. The van der Waals surface area contributed by atoms with E-state index in [0.717, 1.165) is 19.0 Å². The average molecular weight is 199 g/mol. The molecule has 0 saturated heterocycles. The second kappa shape index (κ2) is 5.19. The highest BCUT2D eigenvalue weighted by Gasteiger charge is 1.98. The zero-order valence-corrected chi connectivity index (χ0v) is 9.03. The lowest BCUT2D eigenvalue weighted by Gasteiger charge is -2.04. The van der Waals surface area contributed by atoms with Crippen molar-refractivity contribution in [3.05, 3.63) is 11.1 Å². The molecule has 1 aromatic rings. The molecule has 1 aromatic heterocycles. The Morgan fingerprint density at radius 3 is 2.92 bits per heavy atom. The molecular weight excluding hydrogens is 182 g/mol. The number of hydrogen-bond donors (Lipinski definition) is 2. The molecule has 0 unspecified atom stereocenters. The molecule has 1 rings (SSSR count). The molecule has 0 radical (unpaired) electrons. The number of nitrogens with zero attached hydrogens (tertiary/aromatic N) is 1. The summed E-state index contributed by atoms with van der Waals surface area (Å²) >= 11 is 1.55. The summed E-state index contributed by atoms with van der Waals surface area (Å²) in [5.41, 5.74) is 5.51. The third-order valence-corrected chi connectivity index (χ3v) is 2.60. The van der Waals surface area contributed by atoms with Crippen LogP contribution in [0.15, 0.2) is 6.20 Å². The second-order valence-electron chi connectivity index (χ2n) is 3.52. The lowest BCUT2D eigenvalue weighted by Crippen LogP contribution is -2.15.